The third kappa shape index (κ3) is 4.70. The summed E-state index contributed by atoms with van der Waals surface area (Å²) < 4.78 is 31.7. The number of hydrogen-bond donors (Lipinski definition) is 1. The predicted octanol–water partition coefficient (Wildman–Crippen LogP) is 3.32. The number of nitrogens with one attached hydrogen (secondary N) is 1. The second kappa shape index (κ2) is 7.67. The summed E-state index contributed by atoms with van der Waals surface area (Å²) >= 11 is 5.55. The number of nitrogens with zero attached hydrogens (tertiary/aromatic N) is 1. The summed E-state index contributed by atoms with van der Waals surface area (Å²) in [5.74, 6) is -3.91. The third-order valence-corrected chi connectivity index (χ3v) is 3.16. The molecule has 0 radical (unpaired) electrons. The van der Waals surface area contributed by atoms with E-state index in [1.165, 1.54) is 6.07 Å². The van der Waals surface area contributed by atoms with Crippen LogP contribution in [-0.4, -0.2) is 23.4 Å². The number of benzene rings is 2. The summed E-state index contributed by atoms with van der Waals surface area (Å²) in [6.45, 7) is -0.844. The molecule has 1 amide bonds. The SMILES string of the molecule is O=C(COC(=O)c1ccc(Cl)cc1F)Nc1cc([N+](=O)[O-])ccc1F. The van der Waals surface area contributed by atoms with Crippen molar-refractivity contribution in [2.24, 2.45) is 0 Å². The topological polar surface area (TPSA) is 98.5 Å². The van der Waals surface area contributed by atoms with Gasteiger partial charge in [0.25, 0.3) is 11.6 Å². The first-order chi connectivity index (χ1) is 11.8. The van der Waals surface area contributed by atoms with E-state index in [9.17, 15) is 28.5 Å². The molecule has 7 nitrogen and oxygen atoms in total. The molecule has 0 aromatic heterocycles. The van der Waals surface area contributed by atoms with Gasteiger partial charge in [-0.3, -0.25) is 14.9 Å². The van der Waals surface area contributed by atoms with Crippen molar-refractivity contribution in [3.05, 3.63) is 68.7 Å². The normalized spacial score (nSPS) is 10.2. The maximum Gasteiger partial charge on any atom is 0.341 e. The minimum Gasteiger partial charge on any atom is -0.452 e. The lowest BCUT2D eigenvalue weighted by Crippen LogP contribution is -2.22. The number of hydrogen-bond acceptors (Lipinski definition) is 5. The fourth-order valence-corrected chi connectivity index (χ4v) is 1.93. The molecule has 2 aromatic rings. The largest absolute Gasteiger partial charge is 0.452 e. The van der Waals surface area contributed by atoms with Gasteiger partial charge in [0, 0.05) is 17.2 Å². The molecule has 0 saturated carbocycles. The number of ether oxygens (including phenoxy) is 1. The number of amides is 1. The number of esters is 1. The van der Waals surface area contributed by atoms with Crippen molar-refractivity contribution in [3.63, 3.8) is 0 Å². The Morgan fingerprint density at radius 3 is 2.52 bits per heavy atom. The van der Waals surface area contributed by atoms with Gasteiger partial charge in [-0.05, 0) is 24.3 Å². The first kappa shape index (κ1) is 18.3. The van der Waals surface area contributed by atoms with Crippen molar-refractivity contribution in [2.45, 2.75) is 0 Å². The minimum atomic E-state index is -1.12. The molecular weight excluding hydrogens is 362 g/mol. The van der Waals surface area contributed by atoms with Gasteiger partial charge in [-0.1, -0.05) is 11.6 Å². The molecule has 10 heteroatoms. The standard InChI is InChI=1S/C15H9ClF2N2O5/c16-8-1-3-10(12(18)5-8)15(22)25-7-14(21)19-13-6-9(20(23)24)2-4-11(13)17/h1-6H,7H2,(H,19,21). The van der Waals surface area contributed by atoms with Crippen LogP contribution in [-0.2, 0) is 9.53 Å². The van der Waals surface area contributed by atoms with E-state index in [0.717, 1.165) is 30.3 Å². The number of nitro groups is 1. The summed E-state index contributed by atoms with van der Waals surface area (Å²) in [4.78, 5) is 33.2. The number of rotatable bonds is 5. The van der Waals surface area contributed by atoms with Gasteiger partial charge >= 0.3 is 5.97 Å². The number of carbonyl (C=O) groups excluding carboxylic acids is 2. The van der Waals surface area contributed by atoms with E-state index in [1.807, 2.05) is 5.32 Å². The highest BCUT2D eigenvalue weighted by Crippen LogP contribution is 2.21. The molecular formula is C15H9ClF2N2O5. The smallest absolute Gasteiger partial charge is 0.341 e. The van der Waals surface area contributed by atoms with Crippen molar-refractivity contribution >= 4 is 34.9 Å². The van der Waals surface area contributed by atoms with Gasteiger partial charge in [-0.25, -0.2) is 13.6 Å². The molecule has 25 heavy (non-hydrogen) atoms. The Kier molecular flexibility index (Phi) is 5.60. The van der Waals surface area contributed by atoms with Crippen LogP contribution in [0.25, 0.3) is 0 Å². The summed E-state index contributed by atoms with van der Waals surface area (Å²) in [6, 6.07) is 5.79. The Morgan fingerprint density at radius 1 is 1.16 bits per heavy atom. The Morgan fingerprint density at radius 2 is 1.88 bits per heavy atom. The zero-order valence-corrected chi connectivity index (χ0v) is 13.0. The van der Waals surface area contributed by atoms with Crippen LogP contribution in [0, 0.1) is 21.7 Å². The maximum atomic E-state index is 13.5. The van der Waals surface area contributed by atoms with Crippen molar-refractivity contribution in [1.82, 2.24) is 0 Å². The van der Waals surface area contributed by atoms with Crippen LogP contribution in [0.3, 0.4) is 0 Å². The summed E-state index contributed by atoms with van der Waals surface area (Å²) in [7, 11) is 0. The van der Waals surface area contributed by atoms with Crippen LogP contribution in [0.5, 0.6) is 0 Å². The molecule has 0 aliphatic heterocycles. The van der Waals surface area contributed by atoms with Crippen LogP contribution in [0.4, 0.5) is 20.2 Å². The Hall–Kier alpha value is -3.07. The summed E-state index contributed by atoms with van der Waals surface area (Å²) in [5.41, 5.74) is -1.32. The molecule has 2 rings (SSSR count). The maximum absolute atomic E-state index is 13.5. The van der Waals surface area contributed by atoms with E-state index in [2.05, 4.69) is 4.74 Å². The lowest BCUT2D eigenvalue weighted by molar-refractivity contribution is -0.384. The quantitative estimate of drug-likeness (QED) is 0.494. The zero-order valence-electron chi connectivity index (χ0n) is 12.3. The van der Waals surface area contributed by atoms with Gasteiger partial charge in [0.15, 0.2) is 6.61 Å². The molecule has 0 unspecified atom stereocenters. The number of halogens is 3. The van der Waals surface area contributed by atoms with Crippen molar-refractivity contribution < 1.29 is 28.0 Å². The first-order valence-electron chi connectivity index (χ1n) is 6.64. The van der Waals surface area contributed by atoms with Gasteiger partial charge in [-0.2, -0.15) is 0 Å². The first-order valence-corrected chi connectivity index (χ1v) is 7.01. The molecule has 1 N–H and O–H groups in total. The van der Waals surface area contributed by atoms with Gasteiger partial charge in [0.2, 0.25) is 0 Å². The highest BCUT2D eigenvalue weighted by Gasteiger charge is 2.17. The average molecular weight is 371 g/mol. The zero-order chi connectivity index (χ0) is 18.6. The molecule has 0 aliphatic carbocycles. The Balaban J connectivity index is 2.00. The van der Waals surface area contributed by atoms with Crippen molar-refractivity contribution in [1.29, 1.82) is 0 Å². The third-order valence-electron chi connectivity index (χ3n) is 2.92. The number of nitro benzene ring substituents is 1. The number of non-ortho nitro benzene ring substituents is 1. The van der Waals surface area contributed by atoms with Crippen LogP contribution in [0.15, 0.2) is 36.4 Å². The predicted molar refractivity (Wildman–Crippen MR) is 83.4 cm³/mol. The molecule has 0 spiro atoms. The average Bonchev–Trinajstić information content (AvgIpc) is 2.54. The highest BCUT2D eigenvalue weighted by molar-refractivity contribution is 6.30. The van der Waals surface area contributed by atoms with Gasteiger partial charge in [-0.15, -0.1) is 0 Å². The van der Waals surface area contributed by atoms with E-state index in [1.54, 1.807) is 0 Å². The van der Waals surface area contributed by atoms with Gasteiger partial charge in [0.05, 0.1) is 16.2 Å². The van der Waals surface area contributed by atoms with E-state index >= 15 is 0 Å². The van der Waals surface area contributed by atoms with E-state index in [0.29, 0.717) is 0 Å². The minimum absolute atomic E-state index is 0.0768. The fraction of sp³-hybridized carbons (Fsp3) is 0.0667. The Bertz CT molecular complexity index is 860. The van der Waals surface area contributed by atoms with E-state index in [-0.39, 0.29) is 5.02 Å². The summed E-state index contributed by atoms with van der Waals surface area (Å²) in [5, 5.41) is 12.7. The van der Waals surface area contributed by atoms with Gasteiger partial charge in [0.1, 0.15) is 11.6 Å². The van der Waals surface area contributed by atoms with Crippen molar-refractivity contribution in [2.75, 3.05) is 11.9 Å². The van der Waals surface area contributed by atoms with Crippen molar-refractivity contribution in [3.8, 4) is 0 Å². The van der Waals surface area contributed by atoms with E-state index < -0.39 is 52.0 Å². The molecule has 0 atom stereocenters. The second-order valence-electron chi connectivity index (χ2n) is 4.67. The van der Waals surface area contributed by atoms with Gasteiger partial charge < -0.3 is 10.1 Å². The lowest BCUT2D eigenvalue weighted by Gasteiger charge is -2.08. The van der Waals surface area contributed by atoms with Crippen LogP contribution in [0.1, 0.15) is 10.4 Å². The number of carbonyl (C=O) groups is 2. The molecule has 130 valence electrons. The van der Waals surface area contributed by atoms with Crippen LogP contribution < -0.4 is 5.32 Å². The van der Waals surface area contributed by atoms with E-state index in [4.69, 9.17) is 11.6 Å². The van der Waals surface area contributed by atoms with Crippen LogP contribution >= 0.6 is 11.6 Å². The molecule has 0 aliphatic rings. The molecule has 0 saturated heterocycles. The molecule has 0 fully saturated rings. The summed E-state index contributed by atoms with van der Waals surface area (Å²) in [6.07, 6.45) is 0. The molecule has 2 aromatic carbocycles. The Labute approximate surface area is 144 Å². The lowest BCUT2D eigenvalue weighted by atomic mass is 10.2. The monoisotopic (exact) mass is 370 g/mol. The number of anilines is 1. The second-order valence-corrected chi connectivity index (χ2v) is 5.11. The fourth-order valence-electron chi connectivity index (χ4n) is 1.77. The molecule has 0 heterocycles. The molecule has 0 bridgehead atoms. The highest BCUT2D eigenvalue weighted by atomic mass is 35.5. The van der Waals surface area contributed by atoms with Crippen LogP contribution in [0.2, 0.25) is 5.02 Å².